The molecule has 0 aliphatic rings. The maximum Gasteiger partial charge on any atom is 0.314 e. The van der Waals surface area contributed by atoms with E-state index in [1.165, 1.54) is 11.3 Å². The highest BCUT2D eigenvalue weighted by Crippen LogP contribution is 2.09. The summed E-state index contributed by atoms with van der Waals surface area (Å²) in [5, 5.41) is 3.54. The Morgan fingerprint density at radius 1 is 1.00 bits per heavy atom. The topological polar surface area (TPSA) is 65.7 Å². The van der Waals surface area contributed by atoms with Crippen LogP contribution in [0.2, 0.25) is 0 Å². The van der Waals surface area contributed by atoms with Gasteiger partial charge in [-0.3, -0.25) is 9.59 Å². The standard InChI is InChI=1S/C6H4N2O2S/c9-5-6(10)8-4-2-11-1-3(4)7-5/h1-2H,(H,7,9)(H,8,10). The number of hydrogen-bond acceptors (Lipinski definition) is 3. The minimum absolute atomic E-state index is 0.601. The van der Waals surface area contributed by atoms with Crippen LogP contribution in [0.3, 0.4) is 0 Å². The number of hydrogen-bond donors (Lipinski definition) is 2. The van der Waals surface area contributed by atoms with Crippen molar-refractivity contribution in [3.05, 3.63) is 31.5 Å². The van der Waals surface area contributed by atoms with E-state index < -0.39 is 11.1 Å². The molecule has 2 aromatic heterocycles. The van der Waals surface area contributed by atoms with Crippen LogP contribution in [-0.2, 0) is 0 Å². The lowest BCUT2D eigenvalue weighted by atomic mass is 10.5. The molecular weight excluding hydrogens is 164 g/mol. The smallest absolute Gasteiger partial charge is 0.314 e. The van der Waals surface area contributed by atoms with Gasteiger partial charge in [-0.05, 0) is 0 Å². The average Bonchev–Trinajstić information content (AvgIpc) is 2.36. The van der Waals surface area contributed by atoms with Crippen LogP contribution in [0.15, 0.2) is 20.3 Å². The van der Waals surface area contributed by atoms with Crippen molar-refractivity contribution in [1.82, 2.24) is 9.97 Å². The summed E-state index contributed by atoms with van der Waals surface area (Å²) in [5.74, 6) is 0. The van der Waals surface area contributed by atoms with Crippen molar-refractivity contribution < 1.29 is 0 Å². The van der Waals surface area contributed by atoms with Crippen LogP contribution in [0.5, 0.6) is 0 Å². The Kier molecular flexibility index (Phi) is 1.19. The first-order valence-electron chi connectivity index (χ1n) is 2.96. The molecule has 0 spiro atoms. The number of thiophene rings is 1. The zero-order valence-electron chi connectivity index (χ0n) is 5.38. The maximum atomic E-state index is 10.7. The predicted molar refractivity (Wildman–Crippen MR) is 43.1 cm³/mol. The van der Waals surface area contributed by atoms with Crippen molar-refractivity contribution in [2.75, 3.05) is 0 Å². The van der Waals surface area contributed by atoms with E-state index in [1.54, 1.807) is 10.8 Å². The molecule has 0 saturated carbocycles. The highest BCUT2D eigenvalue weighted by Gasteiger charge is 1.97. The fraction of sp³-hybridized carbons (Fsp3) is 0. The summed E-state index contributed by atoms with van der Waals surface area (Å²) >= 11 is 1.43. The first-order valence-corrected chi connectivity index (χ1v) is 3.90. The van der Waals surface area contributed by atoms with Crippen molar-refractivity contribution in [3.63, 3.8) is 0 Å². The van der Waals surface area contributed by atoms with Crippen molar-refractivity contribution in [2.24, 2.45) is 0 Å². The lowest BCUT2D eigenvalue weighted by Crippen LogP contribution is -2.28. The molecule has 0 aliphatic carbocycles. The van der Waals surface area contributed by atoms with Gasteiger partial charge in [-0.25, -0.2) is 0 Å². The molecule has 0 radical (unpaired) electrons. The molecule has 2 heterocycles. The van der Waals surface area contributed by atoms with E-state index in [9.17, 15) is 9.59 Å². The van der Waals surface area contributed by atoms with E-state index in [0.29, 0.717) is 11.0 Å². The van der Waals surface area contributed by atoms with E-state index in [4.69, 9.17) is 0 Å². The summed E-state index contributed by atoms with van der Waals surface area (Å²) in [6, 6.07) is 0. The molecule has 2 aromatic rings. The average molecular weight is 168 g/mol. The third kappa shape index (κ3) is 0.894. The molecule has 0 amide bonds. The minimum atomic E-state index is -0.601. The molecule has 0 fully saturated rings. The first-order chi connectivity index (χ1) is 5.27. The van der Waals surface area contributed by atoms with Gasteiger partial charge in [-0.15, -0.1) is 11.3 Å². The molecule has 0 bridgehead atoms. The van der Waals surface area contributed by atoms with Gasteiger partial charge >= 0.3 is 11.1 Å². The third-order valence-electron chi connectivity index (χ3n) is 1.36. The molecule has 0 aromatic carbocycles. The molecule has 56 valence electrons. The summed E-state index contributed by atoms with van der Waals surface area (Å²) in [6.07, 6.45) is 0. The summed E-state index contributed by atoms with van der Waals surface area (Å²) in [5.41, 5.74) is 0.158. The molecule has 5 heteroatoms. The van der Waals surface area contributed by atoms with Gasteiger partial charge < -0.3 is 9.97 Å². The van der Waals surface area contributed by atoms with Crippen LogP contribution in [0, 0.1) is 0 Å². The van der Waals surface area contributed by atoms with Gasteiger partial charge in [0.05, 0.1) is 11.0 Å². The zero-order valence-corrected chi connectivity index (χ0v) is 6.20. The van der Waals surface area contributed by atoms with Crippen molar-refractivity contribution in [1.29, 1.82) is 0 Å². The fourth-order valence-corrected chi connectivity index (χ4v) is 1.56. The van der Waals surface area contributed by atoms with Gasteiger partial charge in [0.1, 0.15) is 0 Å². The molecule has 11 heavy (non-hydrogen) atoms. The van der Waals surface area contributed by atoms with E-state index in [-0.39, 0.29) is 0 Å². The van der Waals surface area contributed by atoms with Gasteiger partial charge in [-0.2, -0.15) is 0 Å². The Bertz CT molecular complexity index is 449. The van der Waals surface area contributed by atoms with Crippen molar-refractivity contribution >= 4 is 22.4 Å². The van der Waals surface area contributed by atoms with E-state index >= 15 is 0 Å². The minimum Gasteiger partial charge on any atom is -0.315 e. The van der Waals surface area contributed by atoms with Gasteiger partial charge in [0.25, 0.3) is 0 Å². The quantitative estimate of drug-likeness (QED) is 0.555. The van der Waals surface area contributed by atoms with Crippen molar-refractivity contribution in [2.45, 2.75) is 0 Å². The Labute approximate surface area is 64.5 Å². The SMILES string of the molecule is O=c1[nH]c2cscc2[nH]c1=O. The largest absolute Gasteiger partial charge is 0.315 e. The van der Waals surface area contributed by atoms with Gasteiger partial charge in [-0.1, -0.05) is 0 Å². The van der Waals surface area contributed by atoms with Gasteiger partial charge in [0.15, 0.2) is 0 Å². The highest BCUT2D eigenvalue weighted by molar-refractivity contribution is 7.09. The van der Waals surface area contributed by atoms with Crippen LogP contribution < -0.4 is 11.1 Å². The lowest BCUT2D eigenvalue weighted by molar-refractivity contribution is 1.15. The molecule has 0 aliphatic heterocycles. The lowest BCUT2D eigenvalue weighted by Gasteiger charge is -1.85. The molecule has 4 nitrogen and oxygen atoms in total. The fourth-order valence-electron chi connectivity index (χ4n) is 0.849. The summed E-state index contributed by atoms with van der Waals surface area (Å²) in [4.78, 5) is 26.4. The van der Waals surface area contributed by atoms with Crippen LogP contribution in [0.1, 0.15) is 0 Å². The van der Waals surface area contributed by atoms with Crippen LogP contribution in [-0.4, -0.2) is 9.97 Å². The maximum absolute atomic E-state index is 10.7. The summed E-state index contributed by atoms with van der Waals surface area (Å²) < 4.78 is 0. The Balaban J connectivity index is 3.09. The molecule has 2 rings (SSSR count). The first kappa shape index (κ1) is 6.36. The third-order valence-corrected chi connectivity index (χ3v) is 2.11. The van der Waals surface area contributed by atoms with Crippen molar-refractivity contribution in [3.8, 4) is 0 Å². The monoisotopic (exact) mass is 168 g/mol. The Hall–Kier alpha value is -1.36. The number of aromatic nitrogens is 2. The number of nitrogens with one attached hydrogen (secondary N) is 2. The number of rotatable bonds is 0. The second kappa shape index (κ2) is 2.06. The normalized spacial score (nSPS) is 10.5. The van der Waals surface area contributed by atoms with Crippen LogP contribution >= 0.6 is 11.3 Å². The second-order valence-electron chi connectivity index (χ2n) is 2.11. The van der Waals surface area contributed by atoms with E-state index in [0.717, 1.165) is 0 Å². The molecule has 0 unspecified atom stereocenters. The molecule has 0 saturated heterocycles. The highest BCUT2D eigenvalue weighted by atomic mass is 32.1. The van der Waals surface area contributed by atoms with E-state index in [2.05, 4.69) is 9.97 Å². The summed E-state index contributed by atoms with van der Waals surface area (Å²) in [6.45, 7) is 0. The molecule has 0 atom stereocenters. The van der Waals surface area contributed by atoms with Gasteiger partial charge in [0.2, 0.25) is 0 Å². The Morgan fingerprint density at radius 3 is 1.91 bits per heavy atom. The van der Waals surface area contributed by atoms with Crippen LogP contribution in [0.25, 0.3) is 11.0 Å². The number of H-pyrrole nitrogens is 2. The zero-order chi connectivity index (χ0) is 7.84. The molecule has 2 N–H and O–H groups in total. The Morgan fingerprint density at radius 2 is 1.45 bits per heavy atom. The molecular formula is C6H4N2O2S. The van der Waals surface area contributed by atoms with E-state index in [1.807, 2.05) is 0 Å². The number of aromatic amines is 2. The second-order valence-corrected chi connectivity index (χ2v) is 2.85. The summed E-state index contributed by atoms with van der Waals surface area (Å²) in [7, 11) is 0. The predicted octanol–water partition coefficient (Wildman–Crippen LogP) is 0.278. The van der Waals surface area contributed by atoms with Gasteiger partial charge in [0, 0.05) is 10.8 Å². The van der Waals surface area contributed by atoms with Crippen LogP contribution in [0.4, 0.5) is 0 Å². The number of fused-ring (bicyclic) bond motifs is 1.